The van der Waals surface area contributed by atoms with E-state index in [1.54, 1.807) is 12.4 Å². The molecule has 0 saturated carbocycles. The summed E-state index contributed by atoms with van der Waals surface area (Å²) in [7, 11) is 0. The standard InChI is InChI=1S/C10H7F3IN3/c11-10(12,13)8-3-7(1-2-9(8)15)17-5-6(14)4-16-17/h1-5H,15H2. The average molecular weight is 353 g/mol. The van der Waals surface area contributed by atoms with Gasteiger partial charge in [0.2, 0.25) is 0 Å². The smallest absolute Gasteiger partial charge is 0.398 e. The molecule has 2 N–H and O–H groups in total. The van der Waals surface area contributed by atoms with E-state index < -0.39 is 11.7 Å². The number of nitrogens with zero attached hydrogens (tertiary/aromatic N) is 2. The molecular weight excluding hydrogens is 346 g/mol. The van der Waals surface area contributed by atoms with Crippen molar-refractivity contribution in [2.75, 3.05) is 5.73 Å². The second kappa shape index (κ2) is 4.21. The highest BCUT2D eigenvalue weighted by atomic mass is 127. The number of anilines is 1. The first-order chi connectivity index (χ1) is 7.88. The number of nitrogens with two attached hydrogens (primary N) is 1. The van der Waals surface area contributed by atoms with Crippen molar-refractivity contribution >= 4 is 28.3 Å². The van der Waals surface area contributed by atoms with Gasteiger partial charge in [0.05, 0.1) is 21.0 Å². The molecular formula is C10H7F3IN3. The minimum Gasteiger partial charge on any atom is -0.398 e. The Labute approximate surface area is 109 Å². The van der Waals surface area contributed by atoms with Crippen molar-refractivity contribution in [3.05, 3.63) is 39.7 Å². The lowest BCUT2D eigenvalue weighted by Crippen LogP contribution is -2.10. The van der Waals surface area contributed by atoms with Crippen LogP contribution in [0.3, 0.4) is 0 Å². The average Bonchev–Trinajstić information content (AvgIpc) is 2.64. The van der Waals surface area contributed by atoms with E-state index in [2.05, 4.69) is 5.10 Å². The van der Waals surface area contributed by atoms with Gasteiger partial charge in [-0.1, -0.05) is 0 Å². The summed E-state index contributed by atoms with van der Waals surface area (Å²) >= 11 is 2.03. The maximum atomic E-state index is 12.6. The van der Waals surface area contributed by atoms with Crippen LogP contribution in [-0.4, -0.2) is 9.78 Å². The highest BCUT2D eigenvalue weighted by Gasteiger charge is 2.33. The zero-order valence-corrected chi connectivity index (χ0v) is 10.5. The first-order valence-corrected chi connectivity index (χ1v) is 5.63. The summed E-state index contributed by atoms with van der Waals surface area (Å²) in [6.45, 7) is 0. The number of benzene rings is 1. The molecule has 1 aromatic heterocycles. The number of aromatic nitrogens is 2. The summed E-state index contributed by atoms with van der Waals surface area (Å²) in [5.41, 5.74) is 4.50. The molecule has 0 aliphatic rings. The Morgan fingerprint density at radius 2 is 2.00 bits per heavy atom. The molecule has 90 valence electrons. The normalized spacial score (nSPS) is 11.8. The monoisotopic (exact) mass is 353 g/mol. The minimum atomic E-state index is -4.46. The maximum absolute atomic E-state index is 12.6. The topological polar surface area (TPSA) is 43.8 Å². The number of rotatable bonds is 1. The van der Waals surface area contributed by atoms with Gasteiger partial charge in [0, 0.05) is 11.9 Å². The van der Waals surface area contributed by atoms with Crippen molar-refractivity contribution in [3.8, 4) is 5.69 Å². The van der Waals surface area contributed by atoms with Gasteiger partial charge in [-0.25, -0.2) is 4.68 Å². The fourth-order valence-corrected chi connectivity index (χ4v) is 1.76. The van der Waals surface area contributed by atoms with Gasteiger partial charge >= 0.3 is 6.18 Å². The lowest BCUT2D eigenvalue weighted by atomic mass is 10.1. The lowest BCUT2D eigenvalue weighted by Gasteiger charge is -2.11. The molecule has 0 unspecified atom stereocenters. The van der Waals surface area contributed by atoms with Gasteiger partial charge in [0.15, 0.2) is 0 Å². The van der Waals surface area contributed by atoms with Gasteiger partial charge in [-0.3, -0.25) is 0 Å². The molecule has 0 amide bonds. The van der Waals surface area contributed by atoms with Crippen LogP contribution < -0.4 is 5.73 Å². The second-order valence-electron chi connectivity index (χ2n) is 3.37. The number of alkyl halides is 3. The van der Waals surface area contributed by atoms with Gasteiger partial charge < -0.3 is 5.73 Å². The quantitative estimate of drug-likeness (QED) is 0.633. The molecule has 2 rings (SSSR count). The van der Waals surface area contributed by atoms with Crippen molar-refractivity contribution in [3.63, 3.8) is 0 Å². The van der Waals surface area contributed by atoms with E-state index in [0.29, 0.717) is 5.69 Å². The minimum absolute atomic E-state index is 0.289. The van der Waals surface area contributed by atoms with Crippen LogP contribution in [0.4, 0.5) is 18.9 Å². The van der Waals surface area contributed by atoms with Gasteiger partial charge in [0.25, 0.3) is 0 Å². The maximum Gasteiger partial charge on any atom is 0.418 e. The van der Waals surface area contributed by atoms with E-state index in [1.807, 2.05) is 22.6 Å². The Balaban J connectivity index is 2.51. The van der Waals surface area contributed by atoms with Crippen LogP contribution in [0.1, 0.15) is 5.56 Å². The molecule has 0 spiro atoms. The highest BCUT2D eigenvalue weighted by Crippen LogP contribution is 2.34. The van der Waals surface area contributed by atoms with E-state index in [9.17, 15) is 13.2 Å². The van der Waals surface area contributed by atoms with Gasteiger partial charge in [-0.15, -0.1) is 0 Å². The molecule has 3 nitrogen and oxygen atoms in total. The molecule has 1 heterocycles. The Kier molecular flexibility index (Phi) is 3.02. The zero-order valence-electron chi connectivity index (χ0n) is 8.37. The molecule has 17 heavy (non-hydrogen) atoms. The van der Waals surface area contributed by atoms with Crippen LogP contribution in [-0.2, 0) is 6.18 Å². The van der Waals surface area contributed by atoms with E-state index >= 15 is 0 Å². The molecule has 0 bridgehead atoms. The third-order valence-corrected chi connectivity index (χ3v) is 2.71. The van der Waals surface area contributed by atoms with E-state index in [0.717, 1.165) is 9.64 Å². The molecule has 0 atom stereocenters. The van der Waals surface area contributed by atoms with E-state index in [4.69, 9.17) is 5.73 Å². The predicted octanol–water partition coefficient (Wildman–Crippen LogP) is 3.08. The van der Waals surface area contributed by atoms with Gasteiger partial charge in [0.1, 0.15) is 0 Å². The Hall–Kier alpha value is -1.25. The Morgan fingerprint density at radius 1 is 1.29 bits per heavy atom. The van der Waals surface area contributed by atoms with E-state index in [-0.39, 0.29) is 5.69 Å². The van der Waals surface area contributed by atoms with Crippen molar-refractivity contribution in [2.24, 2.45) is 0 Å². The van der Waals surface area contributed by atoms with Crippen LogP contribution in [0, 0.1) is 3.57 Å². The zero-order chi connectivity index (χ0) is 12.6. The summed E-state index contributed by atoms with van der Waals surface area (Å²) in [5.74, 6) is 0. The van der Waals surface area contributed by atoms with Crippen molar-refractivity contribution in [1.82, 2.24) is 9.78 Å². The summed E-state index contributed by atoms with van der Waals surface area (Å²) < 4.78 is 40.1. The molecule has 0 saturated heterocycles. The molecule has 0 aliphatic heterocycles. The highest BCUT2D eigenvalue weighted by molar-refractivity contribution is 14.1. The first kappa shape index (κ1) is 12.2. The Morgan fingerprint density at radius 3 is 2.53 bits per heavy atom. The number of hydrogen-bond donors (Lipinski definition) is 1. The molecule has 7 heteroatoms. The third kappa shape index (κ3) is 2.54. The van der Waals surface area contributed by atoms with Crippen LogP contribution in [0.5, 0.6) is 0 Å². The first-order valence-electron chi connectivity index (χ1n) is 4.55. The summed E-state index contributed by atoms with van der Waals surface area (Å²) in [4.78, 5) is 0. The summed E-state index contributed by atoms with van der Waals surface area (Å²) in [6, 6.07) is 3.71. The molecule has 2 aromatic rings. The van der Waals surface area contributed by atoms with Crippen LogP contribution in [0.25, 0.3) is 5.69 Å². The Bertz CT molecular complexity index is 548. The summed E-state index contributed by atoms with van der Waals surface area (Å²) in [5, 5.41) is 3.94. The second-order valence-corrected chi connectivity index (χ2v) is 4.62. The number of nitrogen functional groups attached to an aromatic ring is 1. The fourth-order valence-electron chi connectivity index (χ4n) is 1.37. The molecule has 1 aromatic carbocycles. The third-order valence-electron chi connectivity index (χ3n) is 2.16. The van der Waals surface area contributed by atoms with Crippen molar-refractivity contribution in [1.29, 1.82) is 0 Å². The lowest BCUT2D eigenvalue weighted by molar-refractivity contribution is -0.136. The molecule has 0 fully saturated rings. The largest absolute Gasteiger partial charge is 0.418 e. The van der Waals surface area contributed by atoms with Gasteiger partial charge in [-0.2, -0.15) is 18.3 Å². The molecule has 0 aliphatic carbocycles. The predicted molar refractivity (Wildman–Crippen MR) is 65.7 cm³/mol. The SMILES string of the molecule is Nc1ccc(-n2cc(I)cn2)cc1C(F)(F)F. The fraction of sp³-hybridized carbons (Fsp3) is 0.100. The van der Waals surface area contributed by atoms with Crippen LogP contribution >= 0.6 is 22.6 Å². The van der Waals surface area contributed by atoms with Crippen LogP contribution in [0.15, 0.2) is 30.6 Å². The van der Waals surface area contributed by atoms with Crippen molar-refractivity contribution in [2.45, 2.75) is 6.18 Å². The molecule has 0 radical (unpaired) electrons. The number of hydrogen-bond acceptors (Lipinski definition) is 2. The van der Waals surface area contributed by atoms with E-state index in [1.165, 1.54) is 16.8 Å². The summed E-state index contributed by atoms with van der Waals surface area (Å²) in [6.07, 6.45) is -1.27. The van der Waals surface area contributed by atoms with Gasteiger partial charge in [-0.05, 0) is 40.8 Å². The van der Waals surface area contributed by atoms with Crippen LogP contribution in [0.2, 0.25) is 0 Å². The van der Waals surface area contributed by atoms with Crippen molar-refractivity contribution < 1.29 is 13.2 Å². The number of halogens is 4.